The van der Waals surface area contributed by atoms with Crippen LogP contribution in [0.5, 0.6) is 0 Å². The highest BCUT2D eigenvalue weighted by Crippen LogP contribution is 2.74. The van der Waals surface area contributed by atoms with E-state index in [-0.39, 0.29) is 22.9 Å². The van der Waals surface area contributed by atoms with Gasteiger partial charge in [0.1, 0.15) is 0 Å². The third-order valence-corrected chi connectivity index (χ3v) is 12.5. The predicted octanol–water partition coefficient (Wildman–Crippen LogP) is 6.03. The summed E-state index contributed by atoms with van der Waals surface area (Å²) in [4.78, 5) is 0. The van der Waals surface area contributed by atoms with Gasteiger partial charge in [0.25, 0.3) is 0 Å². The number of aliphatic hydroxyl groups is 3. The van der Waals surface area contributed by atoms with E-state index in [4.69, 9.17) is 0 Å². The summed E-state index contributed by atoms with van der Waals surface area (Å²) >= 11 is 0. The quantitative estimate of drug-likeness (QED) is 0.422. The maximum atomic E-state index is 11.0. The third kappa shape index (κ3) is 2.91. The van der Waals surface area contributed by atoms with E-state index in [0.717, 1.165) is 12.8 Å². The normalized spacial score (nSPS) is 55.3. The molecule has 3 N–H and O–H groups in total. The lowest BCUT2D eigenvalue weighted by atomic mass is 9.35. The van der Waals surface area contributed by atoms with Gasteiger partial charge < -0.3 is 15.3 Å². The fourth-order valence-corrected chi connectivity index (χ4v) is 9.93. The standard InChI is InChI=1S/C30H48O3/c1-25(2)12-13-26(3)14-15-29(6)19(20(26)16-25)8-9-23-27(4)17-21(32)24(33)28(5,18-31)22(27)10-11-30(23,29)7/h8,10,20-21,23-24,31-33H,9,11-18H2,1-7H3/t20-,21-,23+,24-,26+,27-,28-,29+,30+/m0/s1. The Morgan fingerprint density at radius 2 is 1.55 bits per heavy atom. The summed E-state index contributed by atoms with van der Waals surface area (Å²) in [5, 5.41) is 32.2. The molecule has 0 aromatic rings. The lowest BCUT2D eigenvalue weighted by Gasteiger charge is -2.69. The first-order valence-electron chi connectivity index (χ1n) is 13.6. The van der Waals surface area contributed by atoms with Gasteiger partial charge in [0.05, 0.1) is 18.8 Å². The topological polar surface area (TPSA) is 60.7 Å². The van der Waals surface area contributed by atoms with Crippen molar-refractivity contribution in [2.24, 2.45) is 44.3 Å². The van der Waals surface area contributed by atoms with Crippen LogP contribution >= 0.6 is 0 Å². The van der Waals surface area contributed by atoms with E-state index >= 15 is 0 Å². The largest absolute Gasteiger partial charge is 0.395 e. The Bertz CT molecular complexity index is 902. The molecule has 3 nitrogen and oxygen atoms in total. The van der Waals surface area contributed by atoms with Crippen molar-refractivity contribution in [3.63, 3.8) is 0 Å². The van der Waals surface area contributed by atoms with E-state index in [2.05, 4.69) is 53.7 Å². The van der Waals surface area contributed by atoms with Crippen molar-refractivity contribution in [3.8, 4) is 0 Å². The zero-order chi connectivity index (χ0) is 24.2. The molecule has 33 heavy (non-hydrogen) atoms. The molecule has 9 atom stereocenters. The zero-order valence-electron chi connectivity index (χ0n) is 22.2. The number of hydrogen-bond donors (Lipinski definition) is 3. The van der Waals surface area contributed by atoms with Gasteiger partial charge in [-0.1, -0.05) is 71.8 Å². The second kappa shape index (κ2) is 6.98. The summed E-state index contributed by atoms with van der Waals surface area (Å²) in [6.45, 7) is 16.7. The number of allylic oxidation sites excluding steroid dienone is 3. The van der Waals surface area contributed by atoms with Gasteiger partial charge in [-0.25, -0.2) is 0 Å². The molecule has 0 spiro atoms. The van der Waals surface area contributed by atoms with Crippen molar-refractivity contribution >= 4 is 0 Å². The average Bonchev–Trinajstić information content (AvgIpc) is 2.73. The Hall–Kier alpha value is -0.640. The molecule has 5 aliphatic carbocycles. The Morgan fingerprint density at radius 1 is 0.879 bits per heavy atom. The van der Waals surface area contributed by atoms with Crippen molar-refractivity contribution in [1.29, 1.82) is 0 Å². The van der Waals surface area contributed by atoms with Crippen molar-refractivity contribution in [2.45, 2.75) is 112 Å². The molecular weight excluding hydrogens is 408 g/mol. The highest BCUT2D eigenvalue weighted by Gasteiger charge is 2.67. The van der Waals surface area contributed by atoms with Crippen LogP contribution in [-0.4, -0.2) is 34.1 Å². The highest BCUT2D eigenvalue weighted by molar-refractivity contribution is 5.40. The molecule has 0 aromatic carbocycles. The maximum Gasteiger partial charge on any atom is 0.0912 e. The van der Waals surface area contributed by atoms with Gasteiger partial charge in [0.15, 0.2) is 0 Å². The summed E-state index contributed by atoms with van der Waals surface area (Å²) in [5.41, 5.74) is 3.09. The molecule has 0 heterocycles. The van der Waals surface area contributed by atoms with E-state index in [1.807, 2.05) is 6.92 Å². The monoisotopic (exact) mass is 456 g/mol. The van der Waals surface area contributed by atoms with Crippen LogP contribution in [0.3, 0.4) is 0 Å². The van der Waals surface area contributed by atoms with Gasteiger partial charge in [0, 0.05) is 5.41 Å². The van der Waals surface area contributed by atoms with Crippen LogP contribution in [0, 0.1) is 44.3 Å². The Kier molecular flexibility index (Phi) is 5.09. The summed E-state index contributed by atoms with van der Waals surface area (Å²) < 4.78 is 0. The second-order valence-electron chi connectivity index (χ2n) is 14.8. The minimum atomic E-state index is -0.906. The Labute approximate surface area is 201 Å². The van der Waals surface area contributed by atoms with Crippen LogP contribution < -0.4 is 0 Å². The summed E-state index contributed by atoms with van der Waals surface area (Å²) in [6, 6.07) is 0. The first-order chi connectivity index (χ1) is 15.2. The molecule has 186 valence electrons. The first-order valence-corrected chi connectivity index (χ1v) is 13.6. The average molecular weight is 457 g/mol. The second-order valence-corrected chi connectivity index (χ2v) is 14.8. The lowest BCUT2D eigenvalue weighted by Crippen LogP contribution is -2.64. The smallest absolute Gasteiger partial charge is 0.0912 e. The Balaban J connectivity index is 1.61. The van der Waals surface area contributed by atoms with Crippen molar-refractivity contribution in [2.75, 3.05) is 6.61 Å². The molecule has 0 amide bonds. The number of hydrogen-bond acceptors (Lipinski definition) is 3. The van der Waals surface area contributed by atoms with Gasteiger partial charge in [-0.05, 0) is 90.3 Å². The minimum absolute atomic E-state index is 0.121. The maximum absolute atomic E-state index is 11.0. The fraction of sp³-hybridized carbons (Fsp3) is 0.867. The first kappa shape index (κ1) is 24.1. The zero-order valence-corrected chi connectivity index (χ0v) is 22.2. The third-order valence-electron chi connectivity index (χ3n) is 12.5. The van der Waals surface area contributed by atoms with Gasteiger partial charge in [-0.3, -0.25) is 0 Å². The minimum Gasteiger partial charge on any atom is -0.395 e. The van der Waals surface area contributed by atoms with E-state index < -0.39 is 17.6 Å². The number of fused-ring (bicyclic) bond motifs is 7. The van der Waals surface area contributed by atoms with Crippen molar-refractivity contribution in [3.05, 3.63) is 23.3 Å². The van der Waals surface area contributed by atoms with Crippen LogP contribution in [0.15, 0.2) is 23.3 Å². The Morgan fingerprint density at radius 3 is 2.21 bits per heavy atom. The van der Waals surface area contributed by atoms with Gasteiger partial charge in [0.2, 0.25) is 0 Å². The highest BCUT2D eigenvalue weighted by atomic mass is 16.3. The van der Waals surface area contributed by atoms with Crippen LogP contribution in [0.2, 0.25) is 0 Å². The van der Waals surface area contributed by atoms with Crippen LogP contribution in [0.1, 0.15) is 99.8 Å². The van der Waals surface area contributed by atoms with Crippen LogP contribution in [0.25, 0.3) is 0 Å². The predicted molar refractivity (Wildman–Crippen MR) is 133 cm³/mol. The van der Waals surface area contributed by atoms with Gasteiger partial charge >= 0.3 is 0 Å². The molecule has 5 aliphatic rings. The van der Waals surface area contributed by atoms with Crippen LogP contribution in [-0.2, 0) is 0 Å². The van der Waals surface area contributed by atoms with E-state index in [1.54, 1.807) is 5.57 Å². The molecule has 5 rings (SSSR count). The molecule has 3 saturated carbocycles. The van der Waals surface area contributed by atoms with Gasteiger partial charge in [-0.2, -0.15) is 0 Å². The molecule has 0 aliphatic heterocycles. The van der Waals surface area contributed by atoms with E-state index in [0.29, 0.717) is 29.1 Å². The van der Waals surface area contributed by atoms with Crippen molar-refractivity contribution < 1.29 is 15.3 Å². The SMILES string of the molecule is CC1(C)CC[C@]2(C)CC[C@]3(C)C(=CC[C@@H]4[C@@]5(C)C[C@H](O)[C@H](O)[C@@](C)(CO)C5=CC[C@]43C)[C@@H]2C1. The molecule has 0 aromatic heterocycles. The number of rotatable bonds is 1. The van der Waals surface area contributed by atoms with Crippen molar-refractivity contribution in [1.82, 2.24) is 0 Å². The summed E-state index contributed by atoms with van der Waals surface area (Å²) in [5.74, 6) is 1.09. The lowest BCUT2D eigenvalue weighted by molar-refractivity contribution is -0.155. The molecule has 0 saturated heterocycles. The summed E-state index contributed by atoms with van der Waals surface area (Å²) in [6.07, 6.45) is 12.5. The molecule has 3 fully saturated rings. The fourth-order valence-electron chi connectivity index (χ4n) is 9.93. The van der Waals surface area contributed by atoms with E-state index in [9.17, 15) is 15.3 Å². The molecule has 0 bridgehead atoms. The van der Waals surface area contributed by atoms with Crippen LogP contribution in [0.4, 0.5) is 0 Å². The molecule has 3 heteroatoms. The molecular formula is C30H48O3. The van der Waals surface area contributed by atoms with E-state index in [1.165, 1.54) is 37.7 Å². The molecule has 0 radical (unpaired) electrons. The van der Waals surface area contributed by atoms with Gasteiger partial charge in [-0.15, -0.1) is 0 Å². The molecule has 0 unspecified atom stereocenters. The number of aliphatic hydroxyl groups excluding tert-OH is 3. The summed E-state index contributed by atoms with van der Waals surface area (Å²) in [7, 11) is 0.